The first-order chi connectivity index (χ1) is 14.3. The molecule has 4 amide bonds. The third kappa shape index (κ3) is 10.1. The molecule has 0 aromatic carbocycles. The molecule has 0 aromatic rings. The fraction of sp³-hybridized carbons (Fsp3) is 0.647. The van der Waals surface area contributed by atoms with E-state index in [1.54, 1.807) is 13.8 Å². The van der Waals surface area contributed by atoms with Crippen LogP contribution in [0.1, 0.15) is 33.1 Å². The van der Waals surface area contributed by atoms with Gasteiger partial charge in [0.25, 0.3) is 0 Å². The molecule has 0 aliphatic rings. The fourth-order valence-electron chi connectivity index (χ4n) is 2.37. The van der Waals surface area contributed by atoms with Crippen molar-refractivity contribution in [3.05, 3.63) is 0 Å². The number of nitrogens with one attached hydrogen (secondary N) is 3. The van der Waals surface area contributed by atoms with Gasteiger partial charge in [0.2, 0.25) is 23.6 Å². The maximum atomic E-state index is 12.7. The molecular formula is C17H29N5O8S. The molecule has 0 spiro atoms. The fourth-order valence-corrected chi connectivity index (χ4v) is 2.62. The molecule has 0 rings (SSSR count). The molecule has 0 saturated heterocycles. The molecule has 0 radical (unpaired) electrons. The number of carbonyl (C=O) groups excluding carboxylic acids is 4. The van der Waals surface area contributed by atoms with Crippen LogP contribution in [0.3, 0.4) is 0 Å². The zero-order valence-electron chi connectivity index (χ0n) is 17.2. The van der Waals surface area contributed by atoms with Crippen molar-refractivity contribution in [2.75, 3.05) is 5.75 Å². The third-order valence-corrected chi connectivity index (χ3v) is 4.73. The quantitative estimate of drug-likeness (QED) is 0.124. The van der Waals surface area contributed by atoms with Crippen molar-refractivity contribution in [1.82, 2.24) is 16.0 Å². The summed E-state index contributed by atoms with van der Waals surface area (Å²) in [5.41, 5.74) is 10.6. The lowest BCUT2D eigenvalue weighted by Gasteiger charge is -2.27. The van der Waals surface area contributed by atoms with Crippen LogP contribution in [0.4, 0.5) is 0 Å². The Morgan fingerprint density at radius 3 is 1.87 bits per heavy atom. The van der Waals surface area contributed by atoms with Gasteiger partial charge in [-0.1, -0.05) is 20.3 Å². The van der Waals surface area contributed by atoms with Crippen molar-refractivity contribution in [3.63, 3.8) is 0 Å². The summed E-state index contributed by atoms with van der Waals surface area (Å²) in [6.45, 7) is 3.35. The molecular weight excluding hydrogens is 434 g/mol. The second-order valence-electron chi connectivity index (χ2n) is 6.89. The Morgan fingerprint density at radius 2 is 1.45 bits per heavy atom. The number of rotatable bonds is 14. The van der Waals surface area contributed by atoms with Crippen molar-refractivity contribution >= 4 is 48.2 Å². The van der Waals surface area contributed by atoms with E-state index in [0.29, 0.717) is 6.42 Å². The predicted octanol–water partition coefficient (Wildman–Crippen LogP) is -2.82. The lowest BCUT2D eigenvalue weighted by molar-refractivity contribution is -0.143. The van der Waals surface area contributed by atoms with Crippen molar-refractivity contribution < 1.29 is 39.0 Å². The molecule has 0 saturated carbocycles. The summed E-state index contributed by atoms with van der Waals surface area (Å²) in [6, 6.07) is -5.53. The standard InChI is InChI=1S/C17H29N5O8S/c1-3-7(2)13(22-14(26)8(18)4-11(19)23)16(28)20-9(5-12(24)25)15(27)21-10(6-31)17(29)30/h7-10,13,31H,3-6,18H2,1-2H3,(H2,19,23)(H,20,28)(H,21,27)(H,22,26)(H,24,25)(H,29,30). The summed E-state index contributed by atoms with van der Waals surface area (Å²) < 4.78 is 0. The molecule has 176 valence electrons. The van der Waals surface area contributed by atoms with Crippen LogP contribution in [-0.2, 0) is 28.8 Å². The predicted molar refractivity (Wildman–Crippen MR) is 111 cm³/mol. The van der Waals surface area contributed by atoms with Crippen molar-refractivity contribution in [2.45, 2.75) is 57.3 Å². The lowest BCUT2D eigenvalue weighted by atomic mass is 9.97. The van der Waals surface area contributed by atoms with Gasteiger partial charge in [0.05, 0.1) is 18.9 Å². The third-order valence-electron chi connectivity index (χ3n) is 4.36. The van der Waals surface area contributed by atoms with E-state index < -0.39 is 78.5 Å². The summed E-state index contributed by atoms with van der Waals surface area (Å²) in [6.07, 6.45) is -0.871. The molecule has 0 aliphatic heterocycles. The molecule has 5 atom stereocenters. The van der Waals surface area contributed by atoms with E-state index in [4.69, 9.17) is 21.7 Å². The number of nitrogens with two attached hydrogens (primary N) is 2. The lowest BCUT2D eigenvalue weighted by Crippen LogP contribution is -2.59. The Bertz CT molecular complexity index is 704. The Morgan fingerprint density at radius 1 is 0.903 bits per heavy atom. The number of aliphatic carboxylic acids is 2. The minimum absolute atomic E-state index is 0.266. The van der Waals surface area contributed by atoms with Gasteiger partial charge in [0.15, 0.2) is 0 Å². The maximum absolute atomic E-state index is 12.7. The van der Waals surface area contributed by atoms with E-state index in [1.165, 1.54) is 0 Å². The highest BCUT2D eigenvalue weighted by molar-refractivity contribution is 7.80. The molecule has 0 heterocycles. The Labute approximate surface area is 184 Å². The van der Waals surface area contributed by atoms with E-state index in [9.17, 15) is 28.8 Å². The summed E-state index contributed by atoms with van der Waals surface area (Å²) >= 11 is 3.80. The number of hydrogen-bond acceptors (Lipinski definition) is 8. The number of carbonyl (C=O) groups is 6. The van der Waals surface area contributed by atoms with Crippen molar-refractivity contribution in [1.29, 1.82) is 0 Å². The Balaban J connectivity index is 5.51. The number of amides is 4. The van der Waals surface area contributed by atoms with E-state index in [1.807, 2.05) is 0 Å². The van der Waals surface area contributed by atoms with E-state index in [2.05, 4.69) is 28.6 Å². The van der Waals surface area contributed by atoms with Crippen molar-refractivity contribution in [3.8, 4) is 0 Å². The van der Waals surface area contributed by atoms with Crippen molar-refractivity contribution in [2.24, 2.45) is 17.4 Å². The molecule has 31 heavy (non-hydrogen) atoms. The van der Waals surface area contributed by atoms with Gasteiger partial charge in [-0.25, -0.2) is 4.79 Å². The van der Waals surface area contributed by atoms with E-state index in [0.717, 1.165) is 0 Å². The first-order valence-electron chi connectivity index (χ1n) is 9.34. The van der Waals surface area contributed by atoms with Gasteiger partial charge in [0.1, 0.15) is 18.1 Å². The molecule has 9 N–H and O–H groups in total. The van der Waals surface area contributed by atoms with Crippen LogP contribution in [0.15, 0.2) is 0 Å². The second kappa shape index (κ2) is 13.4. The Hall–Kier alpha value is -2.87. The van der Waals surface area contributed by atoms with Gasteiger partial charge in [0, 0.05) is 5.75 Å². The molecule has 14 heteroatoms. The Kier molecular flexibility index (Phi) is 12.2. The summed E-state index contributed by atoms with van der Waals surface area (Å²) in [5, 5.41) is 24.7. The van der Waals surface area contributed by atoms with Crippen LogP contribution < -0.4 is 27.4 Å². The minimum Gasteiger partial charge on any atom is -0.481 e. The zero-order valence-corrected chi connectivity index (χ0v) is 18.1. The topological polar surface area (TPSA) is 231 Å². The van der Waals surface area contributed by atoms with E-state index in [-0.39, 0.29) is 5.75 Å². The highest BCUT2D eigenvalue weighted by Crippen LogP contribution is 2.10. The zero-order chi connectivity index (χ0) is 24.3. The average molecular weight is 464 g/mol. The average Bonchev–Trinajstić information content (AvgIpc) is 2.67. The number of thiol groups is 1. The summed E-state index contributed by atoms with van der Waals surface area (Å²) in [4.78, 5) is 70.4. The maximum Gasteiger partial charge on any atom is 0.327 e. The van der Waals surface area contributed by atoms with Crippen LogP contribution in [0.2, 0.25) is 0 Å². The largest absolute Gasteiger partial charge is 0.481 e. The molecule has 0 aliphatic carbocycles. The molecule has 13 nitrogen and oxygen atoms in total. The van der Waals surface area contributed by atoms with Crippen LogP contribution >= 0.6 is 12.6 Å². The molecule has 0 bridgehead atoms. The van der Waals surface area contributed by atoms with Crippen LogP contribution in [-0.4, -0.2) is 75.7 Å². The van der Waals surface area contributed by atoms with Gasteiger partial charge >= 0.3 is 11.9 Å². The smallest absolute Gasteiger partial charge is 0.327 e. The number of hydrogen-bond donors (Lipinski definition) is 8. The highest BCUT2D eigenvalue weighted by Gasteiger charge is 2.33. The summed E-state index contributed by atoms with van der Waals surface area (Å²) in [7, 11) is 0. The number of carboxylic acid groups (broad SMARTS) is 2. The first-order valence-corrected chi connectivity index (χ1v) is 9.97. The minimum atomic E-state index is -1.62. The number of primary amides is 1. The SMILES string of the molecule is CCC(C)C(NC(=O)C(N)CC(N)=O)C(=O)NC(CC(=O)O)C(=O)NC(CS)C(=O)O. The van der Waals surface area contributed by atoms with Gasteiger partial charge < -0.3 is 37.6 Å². The first kappa shape index (κ1) is 28.1. The highest BCUT2D eigenvalue weighted by atomic mass is 32.1. The molecule has 5 unspecified atom stereocenters. The second-order valence-corrected chi connectivity index (χ2v) is 7.25. The molecule has 0 aromatic heterocycles. The van der Waals surface area contributed by atoms with Gasteiger partial charge in [-0.05, 0) is 5.92 Å². The van der Waals surface area contributed by atoms with Gasteiger partial charge in [-0.3, -0.25) is 24.0 Å². The van der Waals surface area contributed by atoms with Gasteiger partial charge in [-0.2, -0.15) is 12.6 Å². The van der Waals surface area contributed by atoms with E-state index >= 15 is 0 Å². The van der Waals surface area contributed by atoms with Crippen LogP contribution in [0, 0.1) is 5.92 Å². The molecule has 0 fully saturated rings. The monoisotopic (exact) mass is 463 g/mol. The normalized spacial score (nSPS) is 15.5. The number of carboxylic acids is 2. The summed E-state index contributed by atoms with van der Waals surface area (Å²) in [5.74, 6) is -7.12. The van der Waals surface area contributed by atoms with Crippen LogP contribution in [0.25, 0.3) is 0 Å². The van der Waals surface area contributed by atoms with Gasteiger partial charge in [-0.15, -0.1) is 0 Å². The van der Waals surface area contributed by atoms with Crippen LogP contribution in [0.5, 0.6) is 0 Å².